The van der Waals surface area contributed by atoms with E-state index in [2.05, 4.69) is 10.1 Å². The number of nitrogens with zero attached hydrogens (tertiary/aromatic N) is 1. The highest BCUT2D eigenvalue weighted by Gasteiger charge is 2.35. The molecule has 2 aromatic rings. The van der Waals surface area contributed by atoms with Crippen LogP contribution in [0, 0.1) is 6.92 Å². The van der Waals surface area contributed by atoms with Crippen molar-refractivity contribution in [2.75, 3.05) is 26.8 Å². The lowest BCUT2D eigenvalue weighted by molar-refractivity contribution is -0.151. The van der Waals surface area contributed by atoms with Gasteiger partial charge in [0, 0.05) is 13.1 Å². The maximum absolute atomic E-state index is 12.6. The van der Waals surface area contributed by atoms with E-state index < -0.39 is 12.0 Å². The fraction of sp³-hybridized carbons (Fsp3) is 0.318. The first kappa shape index (κ1) is 21.2. The quantitative estimate of drug-likeness (QED) is 0.700. The summed E-state index contributed by atoms with van der Waals surface area (Å²) in [5.41, 5.74) is 1.15. The number of rotatable bonds is 7. The largest absolute Gasteiger partial charge is 0.484 e. The second-order valence-electron chi connectivity index (χ2n) is 6.85. The molecule has 8 nitrogen and oxygen atoms in total. The molecule has 0 aromatic heterocycles. The summed E-state index contributed by atoms with van der Waals surface area (Å²) in [5.74, 6) is 0.551. The summed E-state index contributed by atoms with van der Waals surface area (Å²) >= 11 is 0. The van der Waals surface area contributed by atoms with Crippen LogP contribution in [0.15, 0.2) is 48.5 Å². The Morgan fingerprint density at radius 1 is 1.03 bits per heavy atom. The predicted molar refractivity (Wildman–Crippen MR) is 108 cm³/mol. The van der Waals surface area contributed by atoms with Gasteiger partial charge in [-0.3, -0.25) is 14.4 Å². The number of amides is 2. The Hall–Kier alpha value is -3.55. The molecular formula is C22H24N2O6. The number of hydrogen-bond acceptors (Lipinski definition) is 6. The molecule has 1 aliphatic heterocycles. The topological polar surface area (TPSA) is 94.2 Å². The van der Waals surface area contributed by atoms with Crippen molar-refractivity contribution in [3.63, 3.8) is 0 Å². The number of ether oxygens (including phenoxy) is 3. The molecule has 2 amide bonds. The molecule has 0 saturated carbocycles. The first-order valence-electron chi connectivity index (χ1n) is 9.57. The highest BCUT2D eigenvalue weighted by Crippen LogP contribution is 2.24. The molecule has 1 heterocycles. The van der Waals surface area contributed by atoms with Crippen molar-refractivity contribution >= 4 is 17.8 Å². The minimum absolute atomic E-state index is 0.195. The smallest absolute Gasteiger partial charge is 0.308 e. The molecule has 0 radical (unpaired) electrons. The molecule has 0 aliphatic carbocycles. The molecule has 0 spiro atoms. The number of methoxy groups -OCH3 is 1. The Morgan fingerprint density at radius 2 is 1.63 bits per heavy atom. The standard InChI is InChI=1S/C22H24N2O6/c1-15-3-5-17(6-4-15)30-18-9-7-16(8-10-18)29-14-20(25)24-12-11-23-22(27)19(24)13-21(26)28-2/h3-10,19H,11-14H2,1-2H3,(H,23,27). The minimum atomic E-state index is -0.896. The minimum Gasteiger partial charge on any atom is -0.484 e. The first-order valence-corrected chi connectivity index (χ1v) is 9.57. The van der Waals surface area contributed by atoms with Crippen molar-refractivity contribution in [3.05, 3.63) is 54.1 Å². The van der Waals surface area contributed by atoms with Gasteiger partial charge in [-0.05, 0) is 43.3 Å². The molecule has 1 N–H and O–H groups in total. The molecule has 0 bridgehead atoms. The number of nitrogens with one attached hydrogen (secondary N) is 1. The van der Waals surface area contributed by atoms with E-state index in [1.807, 2.05) is 31.2 Å². The molecule has 1 aliphatic rings. The maximum atomic E-state index is 12.6. The number of benzene rings is 2. The van der Waals surface area contributed by atoms with Crippen LogP contribution in [0.3, 0.4) is 0 Å². The zero-order valence-electron chi connectivity index (χ0n) is 16.9. The van der Waals surface area contributed by atoms with E-state index in [0.29, 0.717) is 24.6 Å². The molecule has 3 rings (SSSR count). The van der Waals surface area contributed by atoms with E-state index in [0.717, 1.165) is 11.3 Å². The predicted octanol–water partition coefficient (Wildman–Crippen LogP) is 2.06. The normalized spacial score (nSPS) is 15.9. The third kappa shape index (κ3) is 5.50. The number of esters is 1. The summed E-state index contributed by atoms with van der Waals surface area (Å²) in [6.07, 6.45) is -0.195. The maximum Gasteiger partial charge on any atom is 0.308 e. The van der Waals surface area contributed by atoms with Crippen LogP contribution in [0.4, 0.5) is 0 Å². The lowest BCUT2D eigenvalue weighted by Gasteiger charge is -2.34. The van der Waals surface area contributed by atoms with E-state index in [-0.39, 0.29) is 24.8 Å². The van der Waals surface area contributed by atoms with E-state index in [9.17, 15) is 14.4 Å². The van der Waals surface area contributed by atoms with Crippen molar-refractivity contribution in [2.24, 2.45) is 0 Å². The van der Waals surface area contributed by atoms with Crippen LogP contribution < -0.4 is 14.8 Å². The van der Waals surface area contributed by atoms with Crippen molar-refractivity contribution in [2.45, 2.75) is 19.4 Å². The Labute approximate surface area is 174 Å². The fourth-order valence-electron chi connectivity index (χ4n) is 3.03. The molecule has 1 unspecified atom stereocenters. The Kier molecular flexibility index (Phi) is 6.90. The van der Waals surface area contributed by atoms with Gasteiger partial charge < -0.3 is 24.4 Å². The second-order valence-corrected chi connectivity index (χ2v) is 6.85. The molecule has 30 heavy (non-hydrogen) atoms. The van der Waals surface area contributed by atoms with E-state index >= 15 is 0 Å². The van der Waals surface area contributed by atoms with Gasteiger partial charge in [0.1, 0.15) is 23.3 Å². The summed E-state index contributed by atoms with van der Waals surface area (Å²) in [4.78, 5) is 37.6. The van der Waals surface area contributed by atoms with Gasteiger partial charge in [0.15, 0.2) is 6.61 Å². The van der Waals surface area contributed by atoms with Crippen LogP contribution in [0.25, 0.3) is 0 Å². The van der Waals surface area contributed by atoms with Gasteiger partial charge in [0.05, 0.1) is 13.5 Å². The number of carbonyl (C=O) groups is 3. The highest BCUT2D eigenvalue weighted by atomic mass is 16.5. The van der Waals surface area contributed by atoms with Gasteiger partial charge in [0.25, 0.3) is 5.91 Å². The number of carbonyl (C=O) groups excluding carboxylic acids is 3. The van der Waals surface area contributed by atoms with Crippen molar-refractivity contribution < 1.29 is 28.6 Å². The zero-order valence-corrected chi connectivity index (χ0v) is 16.9. The lowest BCUT2D eigenvalue weighted by Crippen LogP contribution is -2.58. The van der Waals surface area contributed by atoms with Crippen LogP contribution in [-0.4, -0.2) is 55.5 Å². The molecule has 1 fully saturated rings. The van der Waals surface area contributed by atoms with Gasteiger partial charge in [-0.25, -0.2) is 0 Å². The third-order valence-corrected chi connectivity index (χ3v) is 4.68. The van der Waals surface area contributed by atoms with Gasteiger partial charge in [-0.1, -0.05) is 17.7 Å². The summed E-state index contributed by atoms with van der Waals surface area (Å²) in [7, 11) is 1.24. The van der Waals surface area contributed by atoms with Crippen LogP contribution >= 0.6 is 0 Å². The molecule has 1 saturated heterocycles. The molecule has 158 valence electrons. The second kappa shape index (κ2) is 9.78. The third-order valence-electron chi connectivity index (χ3n) is 4.68. The zero-order chi connectivity index (χ0) is 21.5. The molecule has 8 heteroatoms. The van der Waals surface area contributed by atoms with Crippen LogP contribution in [0.2, 0.25) is 0 Å². The van der Waals surface area contributed by atoms with Crippen LogP contribution in [-0.2, 0) is 19.1 Å². The van der Waals surface area contributed by atoms with Gasteiger partial charge >= 0.3 is 5.97 Å². The monoisotopic (exact) mass is 412 g/mol. The lowest BCUT2D eigenvalue weighted by atomic mass is 10.1. The highest BCUT2D eigenvalue weighted by molar-refractivity contribution is 5.92. The van der Waals surface area contributed by atoms with Crippen molar-refractivity contribution in [1.82, 2.24) is 10.2 Å². The number of piperazine rings is 1. The average molecular weight is 412 g/mol. The van der Waals surface area contributed by atoms with Gasteiger partial charge in [-0.2, -0.15) is 0 Å². The summed E-state index contributed by atoms with van der Waals surface area (Å²) in [5, 5.41) is 2.65. The first-order chi connectivity index (χ1) is 14.5. The van der Waals surface area contributed by atoms with Crippen LogP contribution in [0.5, 0.6) is 17.2 Å². The van der Waals surface area contributed by atoms with E-state index in [1.165, 1.54) is 12.0 Å². The molecular weight excluding hydrogens is 388 g/mol. The van der Waals surface area contributed by atoms with E-state index in [4.69, 9.17) is 9.47 Å². The van der Waals surface area contributed by atoms with Crippen LogP contribution in [0.1, 0.15) is 12.0 Å². The Morgan fingerprint density at radius 3 is 2.27 bits per heavy atom. The van der Waals surface area contributed by atoms with Crippen molar-refractivity contribution in [1.29, 1.82) is 0 Å². The van der Waals surface area contributed by atoms with E-state index in [1.54, 1.807) is 24.3 Å². The average Bonchev–Trinajstić information content (AvgIpc) is 2.76. The number of aryl methyl sites for hydroxylation is 1. The Bertz CT molecular complexity index is 895. The molecule has 1 atom stereocenters. The summed E-state index contributed by atoms with van der Waals surface area (Å²) in [6.45, 7) is 2.39. The Balaban J connectivity index is 1.56. The van der Waals surface area contributed by atoms with Gasteiger partial charge in [0.2, 0.25) is 5.91 Å². The molecule has 2 aromatic carbocycles. The summed E-state index contributed by atoms with van der Waals surface area (Å²) in [6, 6.07) is 13.7. The number of hydrogen-bond donors (Lipinski definition) is 1. The fourth-order valence-corrected chi connectivity index (χ4v) is 3.03. The van der Waals surface area contributed by atoms with Gasteiger partial charge in [-0.15, -0.1) is 0 Å². The van der Waals surface area contributed by atoms with Crippen molar-refractivity contribution in [3.8, 4) is 17.2 Å². The SMILES string of the molecule is COC(=O)CC1C(=O)NCCN1C(=O)COc1ccc(Oc2ccc(C)cc2)cc1. The summed E-state index contributed by atoms with van der Waals surface area (Å²) < 4.78 is 15.9.